The largest absolute Gasteiger partial charge is 0.497 e. The van der Waals surface area contributed by atoms with Crippen LogP contribution < -0.4 is 4.74 Å². The van der Waals surface area contributed by atoms with Crippen LogP contribution in [0.15, 0.2) is 53.8 Å². The number of aromatic nitrogens is 2. The predicted octanol–water partition coefficient (Wildman–Crippen LogP) is 4.79. The lowest BCUT2D eigenvalue weighted by Gasteiger charge is -2.41. The molecule has 3 heterocycles. The van der Waals surface area contributed by atoms with Crippen LogP contribution in [0.1, 0.15) is 42.9 Å². The van der Waals surface area contributed by atoms with E-state index in [1.165, 1.54) is 6.20 Å². The zero-order valence-corrected chi connectivity index (χ0v) is 21.0. The standard InChI is InChI=1S/C27H34FN3O3S/c1-34-21-5-6-23-22(16-21)26(20(17-28)18-30-23)24(33)7-8-27(19-32)9-12-31(13-10-27)14-15-35-25-4-2-3-11-29-25/h2-6,11,16,18,24,32-33H,7-10,12-15,17,19H2,1H3/t24-/m1/s1. The molecule has 35 heavy (non-hydrogen) atoms. The second kappa shape index (κ2) is 12.1. The molecule has 0 saturated carbocycles. The molecule has 0 amide bonds. The third-order valence-corrected chi connectivity index (χ3v) is 8.10. The van der Waals surface area contributed by atoms with Gasteiger partial charge in [-0.15, -0.1) is 11.8 Å². The van der Waals surface area contributed by atoms with Crippen molar-refractivity contribution in [2.45, 2.75) is 43.5 Å². The van der Waals surface area contributed by atoms with Crippen LogP contribution in [0.25, 0.3) is 10.9 Å². The van der Waals surface area contributed by atoms with Crippen LogP contribution in [-0.2, 0) is 6.67 Å². The molecule has 8 heteroatoms. The summed E-state index contributed by atoms with van der Waals surface area (Å²) in [6.45, 7) is 2.23. The number of aliphatic hydroxyl groups excluding tert-OH is 2. The van der Waals surface area contributed by atoms with E-state index in [-0.39, 0.29) is 12.0 Å². The summed E-state index contributed by atoms with van der Waals surface area (Å²) >= 11 is 1.76. The van der Waals surface area contributed by atoms with Gasteiger partial charge in [-0.25, -0.2) is 9.37 Å². The molecule has 0 spiro atoms. The fourth-order valence-corrected chi connectivity index (χ4v) is 5.77. The van der Waals surface area contributed by atoms with Crippen molar-refractivity contribution in [3.63, 3.8) is 0 Å². The molecular weight excluding hydrogens is 465 g/mol. The number of hydrogen-bond donors (Lipinski definition) is 2. The van der Waals surface area contributed by atoms with Crippen molar-refractivity contribution in [2.75, 3.05) is 39.1 Å². The summed E-state index contributed by atoms with van der Waals surface area (Å²) in [5, 5.41) is 23.2. The highest BCUT2D eigenvalue weighted by Gasteiger charge is 2.34. The zero-order valence-electron chi connectivity index (χ0n) is 20.2. The van der Waals surface area contributed by atoms with Crippen molar-refractivity contribution >= 4 is 22.7 Å². The number of pyridine rings is 2. The number of benzene rings is 1. The Kier molecular flexibility index (Phi) is 8.94. The quantitative estimate of drug-likeness (QED) is 0.367. The summed E-state index contributed by atoms with van der Waals surface area (Å²) in [5.41, 5.74) is 1.46. The lowest BCUT2D eigenvalue weighted by atomic mass is 9.74. The van der Waals surface area contributed by atoms with Gasteiger partial charge in [0.25, 0.3) is 0 Å². The Morgan fingerprint density at radius 1 is 1.20 bits per heavy atom. The molecule has 1 atom stereocenters. The number of likely N-dealkylation sites (tertiary alicyclic amines) is 1. The van der Waals surface area contributed by atoms with Crippen LogP contribution in [0, 0.1) is 5.41 Å². The highest BCUT2D eigenvalue weighted by molar-refractivity contribution is 7.99. The molecule has 0 bridgehead atoms. The summed E-state index contributed by atoms with van der Waals surface area (Å²) in [7, 11) is 1.58. The van der Waals surface area contributed by atoms with Gasteiger partial charge in [-0.3, -0.25) is 4.98 Å². The zero-order chi connectivity index (χ0) is 24.7. The first-order valence-corrected chi connectivity index (χ1v) is 13.1. The Morgan fingerprint density at radius 2 is 2.03 bits per heavy atom. The molecule has 6 nitrogen and oxygen atoms in total. The summed E-state index contributed by atoms with van der Waals surface area (Å²) in [6.07, 6.45) is 5.39. The molecule has 0 radical (unpaired) electrons. The van der Waals surface area contributed by atoms with Crippen LogP contribution >= 0.6 is 11.8 Å². The van der Waals surface area contributed by atoms with Gasteiger partial charge in [-0.1, -0.05) is 6.07 Å². The Balaban J connectivity index is 1.36. The molecule has 0 unspecified atom stereocenters. The van der Waals surface area contributed by atoms with Gasteiger partial charge in [0.1, 0.15) is 12.4 Å². The smallest absolute Gasteiger partial charge is 0.119 e. The van der Waals surface area contributed by atoms with Gasteiger partial charge in [0, 0.05) is 42.2 Å². The Labute approximate surface area is 210 Å². The van der Waals surface area contributed by atoms with Gasteiger partial charge in [-0.2, -0.15) is 0 Å². The lowest BCUT2D eigenvalue weighted by Crippen LogP contribution is -2.43. The molecule has 1 aliphatic heterocycles. The number of fused-ring (bicyclic) bond motifs is 1. The van der Waals surface area contributed by atoms with Gasteiger partial charge in [0.15, 0.2) is 0 Å². The molecule has 0 aliphatic carbocycles. The minimum absolute atomic E-state index is 0.0944. The van der Waals surface area contributed by atoms with E-state index in [1.54, 1.807) is 18.9 Å². The third kappa shape index (κ3) is 6.30. The fraction of sp³-hybridized carbons (Fsp3) is 0.481. The van der Waals surface area contributed by atoms with E-state index in [0.717, 1.165) is 43.3 Å². The molecule has 1 aliphatic rings. The predicted molar refractivity (Wildman–Crippen MR) is 137 cm³/mol. The van der Waals surface area contributed by atoms with Crippen LogP contribution in [0.2, 0.25) is 0 Å². The van der Waals surface area contributed by atoms with Gasteiger partial charge in [-0.05, 0) is 80.1 Å². The molecule has 188 valence electrons. The van der Waals surface area contributed by atoms with E-state index >= 15 is 0 Å². The number of halogens is 1. The number of methoxy groups -OCH3 is 1. The molecule has 1 aromatic carbocycles. The average Bonchev–Trinajstić information content (AvgIpc) is 2.92. The van der Waals surface area contributed by atoms with Crippen LogP contribution in [-0.4, -0.2) is 64.2 Å². The molecule has 2 aromatic heterocycles. The molecule has 2 N–H and O–H groups in total. The monoisotopic (exact) mass is 499 g/mol. The number of aliphatic hydroxyl groups is 2. The van der Waals surface area contributed by atoms with Crippen molar-refractivity contribution < 1.29 is 19.3 Å². The van der Waals surface area contributed by atoms with Gasteiger partial charge >= 0.3 is 0 Å². The first-order valence-electron chi connectivity index (χ1n) is 12.1. The summed E-state index contributed by atoms with van der Waals surface area (Å²) < 4.78 is 19.1. The van der Waals surface area contributed by atoms with E-state index in [4.69, 9.17) is 4.74 Å². The fourth-order valence-electron chi connectivity index (χ4n) is 4.90. The van der Waals surface area contributed by atoms with Crippen LogP contribution in [0.5, 0.6) is 5.75 Å². The number of ether oxygens (including phenoxy) is 1. The second-order valence-electron chi connectivity index (χ2n) is 9.28. The SMILES string of the molecule is COc1ccc2ncc(CF)c([C@H](O)CCC3(CO)CCN(CCSc4ccccn4)CC3)c2c1. The molecule has 3 aromatic rings. The number of alkyl halides is 1. The summed E-state index contributed by atoms with van der Waals surface area (Å²) in [4.78, 5) is 11.1. The minimum atomic E-state index is -0.838. The normalized spacial score (nSPS) is 16.9. The Hall–Kier alpha value is -2.26. The van der Waals surface area contributed by atoms with E-state index in [1.807, 2.05) is 42.6 Å². The Morgan fingerprint density at radius 3 is 2.71 bits per heavy atom. The maximum absolute atomic E-state index is 13.8. The topological polar surface area (TPSA) is 78.7 Å². The first-order chi connectivity index (χ1) is 17.1. The molecule has 4 rings (SSSR count). The maximum Gasteiger partial charge on any atom is 0.119 e. The average molecular weight is 500 g/mol. The van der Waals surface area contributed by atoms with E-state index in [2.05, 4.69) is 14.9 Å². The van der Waals surface area contributed by atoms with Gasteiger partial charge in [0.2, 0.25) is 0 Å². The van der Waals surface area contributed by atoms with E-state index < -0.39 is 12.8 Å². The number of hydrogen-bond acceptors (Lipinski definition) is 7. The number of thioether (sulfide) groups is 1. The summed E-state index contributed by atoms with van der Waals surface area (Å²) in [6, 6.07) is 11.4. The maximum atomic E-state index is 13.8. The molecular formula is C27H34FN3O3S. The van der Waals surface area contributed by atoms with Gasteiger partial charge < -0.3 is 19.8 Å². The Bertz CT molecular complexity index is 1090. The summed E-state index contributed by atoms with van der Waals surface area (Å²) in [5.74, 6) is 1.62. The van der Waals surface area contributed by atoms with Crippen LogP contribution in [0.3, 0.4) is 0 Å². The molecule has 1 fully saturated rings. The van der Waals surface area contributed by atoms with Crippen molar-refractivity contribution in [1.29, 1.82) is 0 Å². The highest BCUT2D eigenvalue weighted by Crippen LogP contribution is 2.40. The minimum Gasteiger partial charge on any atom is -0.497 e. The van der Waals surface area contributed by atoms with Crippen molar-refractivity contribution in [1.82, 2.24) is 14.9 Å². The number of piperidine rings is 1. The highest BCUT2D eigenvalue weighted by atomic mass is 32.2. The molecule has 1 saturated heterocycles. The van der Waals surface area contributed by atoms with Gasteiger partial charge in [0.05, 0.1) is 23.8 Å². The van der Waals surface area contributed by atoms with E-state index in [0.29, 0.717) is 40.6 Å². The lowest BCUT2D eigenvalue weighted by molar-refractivity contribution is 0.0253. The van der Waals surface area contributed by atoms with Crippen molar-refractivity contribution in [2.24, 2.45) is 5.41 Å². The van der Waals surface area contributed by atoms with E-state index in [9.17, 15) is 14.6 Å². The first kappa shape index (κ1) is 25.8. The van der Waals surface area contributed by atoms with Crippen LogP contribution in [0.4, 0.5) is 4.39 Å². The van der Waals surface area contributed by atoms with Crippen molar-refractivity contribution in [3.8, 4) is 5.75 Å². The number of rotatable bonds is 11. The third-order valence-electron chi connectivity index (χ3n) is 7.17. The second-order valence-corrected chi connectivity index (χ2v) is 10.4. The van der Waals surface area contributed by atoms with Crippen molar-refractivity contribution in [3.05, 3.63) is 59.9 Å². The number of nitrogens with zero attached hydrogens (tertiary/aromatic N) is 3.